The molecule has 7 nitrogen and oxygen atoms in total. The molecular weight excluding hydrogens is 394 g/mol. The standard InChI is InChI=1S/C11H11Br2N5O2/c1-19-7-2-6(13)8(3-5(7)12)20-10-4-9(18-15)16-11(14)17-10/h2-4H,15H2,1H3,(H3,14,16,17,18). The largest absolute Gasteiger partial charge is 0.496 e. The van der Waals surface area contributed by atoms with Crippen molar-refractivity contribution in [2.24, 2.45) is 5.84 Å². The number of anilines is 2. The summed E-state index contributed by atoms with van der Waals surface area (Å²) in [6.07, 6.45) is 0. The van der Waals surface area contributed by atoms with Crippen LogP contribution >= 0.6 is 31.9 Å². The third-order valence-corrected chi connectivity index (χ3v) is 3.53. The Hall–Kier alpha value is -1.58. The van der Waals surface area contributed by atoms with E-state index in [2.05, 4.69) is 47.3 Å². The highest BCUT2D eigenvalue weighted by molar-refractivity contribution is 9.11. The van der Waals surface area contributed by atoms with Crippen molar-refractivity contribution in [2.45, 2.75) is 0 Å². The lowest BCUT2D eigenvalue weighted by atomic mass is 10.3. The van der Waals surface area contributed by atoms with Gasteiger partial charge in [-0.3, -0.25) is 0 Å². The molecule has 0 radical (unpaired) electrons. The van der Waals surface area contributed by atoms with Crippen LogP contribution < -0.4 is 26.5 Å². The minimum absolute atomic E-state index is 0.0548. The number of nitrogen functional groups attached to an aromatic ring is 2. The first kappa shape index (κ1) is 14.8. The molecule has 0 aliphatic carbocycles. The predicted octanol–water partition coefficient (Wildman–Crippen LogP) is 2.67. The zero-order valence-electron chi connectivity index (χ0n) is 10.4. The number of benzene rings is 1. The van der Waals surface area contributed by atoms with Crippen LogP contribution in [0, 0.1) is 0 Å². The van der Waals surface area contributed by atoms with E-state index in [9.17, 15) is 0 Å². The third-order valence-electron chi connectivity index (χ3n) is 2.29. The first-order chi connectivity index (χ1) is 9.53. The van der Waals surface area contributed by atoms with Gasteiger partial charge in [0, 0.05) is 6.07 Å². The molecule has 1 heterocycles. The molecule has 0 spiro atoms. The molecule has 0 amide bonds. The Balaban J connectivity index is 2.35. The number of nitrogens with zero attached hydrogens (tertiary/aromatic N) is 2. The smallest absolute Gasteiger partial charge is 0.226 e. The van der Waals surface area contributed by atoms with Gasteiger partial charge in [0.25, 0.3) is 0 Å². The molecule has 0 saturated heterocycles. The number of rotatable bonds is 4. The molecule has 2 rings (SSSR count). The summed E-state index contributed by atoms with van der Waals surface area (Å²) in [6, 6.07) is 5.05. The minimum atomic E-state index is 0.0548. The summed E-state index contributed by atoms with van der Waals surface area (Å²) in [6.45, 7) is 0. The van der Waals surface area contributed by atoms with Crippen molar-refractivity contribution in [3.05, 3.63) is 27.1 Å². The number of nitrogens with one attached hydrogen (secondary N) is 1. The maximum Gasteiger partial charge on any atom is 0.226 e. The Bertz CT molecular complexity index is 638. The fourth-order valence-electron chi connectivity index (χ4n) is 1.43. The van der Waals surface area contributed by atoms with Crippen LogP contribution in [0.1, 0.15) is 0 Å². The molecular formula is C11H11Br2N5O2. The van der Waals surface area contributed by atoms with Gasteiger partial charge in [-0.25, -0.2) is 5.84 Å². The van der Waals surface area contributed by atoms with Gasteiger partial charge in [-0.15, -0.1) is 0 Å². The molecule has 0 unspecified atom stereocenters. The van der Waals surface area contributed by atoms with Gasteiger partial charge in [-0.2, -0.15) is 9.97 Å². The van der Waals surface area contributed by atoms with Gasteiger partial charge in [-0.1, -0.05) is 0 Å². The topological polar surface area (TPSA) is 108 Å². The highest BCUT2D eigenvalue weighted by Crippen LogP contribution is 2.38. The van der Waals surface area contributed by atoms with Gasteiger partial charge in [-0.05, 0) is 44.0 Å². The van der Waals surface area contributed by atoms with Crippen LogP contribution in [0.2, 0.25) is 0 Å². The summed E-state index contributed by atoms with van der Waals surface area (Å²) in [5.74, 6) is 7.18. The quantitative estimate of drug-likeness (QED) is 0.530. The van der Waals surface area contributed by atoms with E-state index in [0.29, 0.717) is 21.8 Å². The maximum absolute atomic E-state index is 5.65. The molecule has 106 valence electrons. The number of hydrogen-bond acceptors (Lipinski definition) is 7. The Labute approximate surface area is 131 Å². The summed E-state index contributed by atoms with van der Waals surface area (Å²) in [7, 11) is 1.58. The third kappa shape index (κ3) is 3.30. The van der Waals surface area contributed by atoms with Crippen molar-refractivity contribution >= 4 is 43.6 Å². The first-order valence-electron chi connectivity index (χ1n) is 5.35. The molecule has 0 aliphatic rings. The fraction of sp³-hybridized carbons (Fsp3) is 0.0909. The monoisotopic (exact) mass is 403 g/mol. The van der Waals surface area contributed by atoms with Crippen LogP contribution in [-0.4, -0.2) is 17.1 Å². The Morgan fingerprint density at radius 1 is 1.10 bits per heavy atom. The van der Waals surface area contributed by atoms with E-state index in [0.717, 1.165) is 4.47 Å². The van der Waals surface area contributed by atoms with Crippen molar-refractivity contribution < 1.29 is 9.47 Å². The van der Waals surface area contributed by atoms with Gasteiger partial charge in [0.1, 0.15) is 17.3 Å². The molecule has 0 bridgehead atoms. The lowest BCUT2D eigenvalue weighted by Crippen LogP contribution is -2.10. The lowest BCUT2D eigenvalue weighted by Gasteiger charge is -2.11. The molecule has 0 atom stereocenters. The molecule has 1 aromatic carbocycles. The minimum Gasteiger partial charge on any atom is -0.496 e. The molecule has 0 saturated carbocycles. The van der Waals surface area contributed by atoms with Crippen LogP contribution in [0.5, 0.6) is 17.4 Å². The summed E-state index contributed by atoms with van der Waals surface area (Å²) in [5, 5.41) is 0. The van der Waals surface area contributed by atoms with Crippen molar-refractivity contribution in [2.75, 3.05) is 18.3 Å². The van der Waals surface area contributed by atoms with Gasteiger partial charge < -0.3 is 20.6 Å². The van der Waals surface area contributed by atoms with E-state index in [1.165, 1.54) is 6.07 Å². The maximum atomic E-state index is 5.65. The van der Waals surface area contributed by atoms with Crippen molar-refractivity contribution in [3.8, 4) is 17.4 Å². The number of hydrogen-bond donors (Lipinski definition) is 3. The normalized spacial score (nSPS) is 10.2. The zero-order valence-corrected chi connectivity index (χ0v) is 13.5. The van der Waals surface area contributed by atoms with E-state index >= 15 is 0 Å². The summed E-state index contributed by atoms with van der Waals surface area (Å²) in [4.78, 5) is 7.84. The Morgan fingerprint density at radius 3 is 2.40 bits per heavy atom. The first-order valence-corrected chi connectivity index (χ1v) is 6.94. The van der Waals surface area contributed by atoms with E-state index in [1.807, 2.05) is 0 Å². The summed E-state index contributed by atoms with van der Waals surface area (Å²) >= 11 is 6.77. The van der Waals surface area contributed by atoms with Crippen molar-refractivity contribution in [1.82, 2.24) is 9.97 Å². The van der Waals surface area contributed by atoms with E-state index in [-0.39, 0.29) is 11.8 Å². The molecule has 0 fully saturated rings. The van der Waals surface area contributed by atoms with Crippen LogP contribution in [-0.2, 0) is 0 Å². The van der Waals surface area contributed by atoms with E-state index < -0.39 is 0 Å². The molecule has 5 N–H and O–H groups in total. The van der Waals surface area contributed by atoms with Gasteiger partial charge >= 0.3 is 0 Å². The second-order valence-electron chi connectivity index (χ2n) is 3.61. The average molecular weight is 405 g/mol. The van der Waals surface area contributed by atoms with Crippen LogP contribution in [0.25, 0.3) is 0 Å². The number of ether oxygens (including phenoxy) is 2. The van der Waals surface area contributed by atoms with Crippen LogP contribution in [0.15, 0.2) is 27.1 Å². The Kier molecular flexibility index (Phi) is 4.63. The number of nitrogens with two attached hydrogens (primary N) is 2. The van der Waals surface area contributed by atoms with Gasteiger partial charge in [0.05, 0.1) is 16.1 Å². The Morgan fingerprint density at radius 2 is 1.75 bits per heavy atom. The van der Waals surface area contributed by atoms with E-state index in [1.54, 1.807) is 19.2 Å². The molecule has 1 aromatic heterocycles. The SMILES string of the molecule is COc1cc(Br)c(Oc2cc(NN)nc(N)n2)cc1Br. The second kappa shape index (κ2) is 6.25. The number of methoxy groups -OCH3 is 1. The van der Waals surface area contributed by atoms with Crippen LogP contribution in [0.3, 0.4) is 0 Å². The molecule has 0 aliphatic heterocycles. The number of aromatic nitrogens is 2. The fourth-order valence-corrected chi connectivity index (χ4v) is 2.31. The van der Waals surface area contributed by atoms with Gasteiger partial charge in [0.2, 0.25) is 11.8 Å². The summed E-state index contributed by atoms with van der Waals surface area (Å²) in [5.41, 5.74) is 7.95. The number of halogens is 2. The molecule has 9 heteroatoms. The predicted molar refractivity (Wildman–Crippen MR) is 82.7 cm³/mol. The highest BCUT2D eigenvalue weighted by atomic mass is 79.9. The zero-order chi connectivity index (χ0) is 14.7. The second-order valence-corrected chi connectivity index (χ2v) is 5.32. The summed E-state index contributed by atoms with van der Waals surface area (Å²) < 4.78 is 12.3. The van der Waals surface area contributed by atoms with Crippen LogP contribution in [0.4, 0.5) is 11.8 Å². The highest BCUT2D eigenvalue weighted by Gasteiger charge is 2.11. The number of hydrazine groups is 1. The van der Waals surface area contributed by atoms with Crippen molar-refractivity contribution in [1.29, 1.82) is 0 Å². The molecule has 2 aromatic rings. The van der Waals surface area contributed by atoms with Crippen molar-refractivity contribution in [3.63, 3.8) is 0 Å². The van der Waals surface area contributed by atoms with Gasteiger partial charge in [0.15, 0.2) is 0 Å². The molecule has 20 heavy (non-hydrogen) atoms. The lowest BCUT2D eigenvalue weighted by molar-refractivity contribution is 0.408. The van der Waals surface area contributed by atoms with E-state index in [4.69, 9.17) is 21.1 Å². The average Bonchev–Trinajstić information content (AvgIpc) is 2.41.